The van der Waals surface area contributed by atoms with E-state index in [2.05, 4.69) is 53.4 Å². The molecule has 0 aliphatic heterocycles. The number of rotatable bonds is 6. The van der Waals surface area contributed by atoms with Gasteiger partial charge in [0.1, 0.15) is 5.82 Å². The third kappa shape index (κ3) is 3.62. The van der Waals surface area contributed by atoms with Gasteiger partial charge in [-0.05, 0) is 25.1 Å². The summed E-state index contributed by atoms with van der Waals surface area (Å²) in [5, 5.41) is 3.28. The average molecular weight is 261 g/mol. The number of H-pyrrole nitrogens is 1. The van der Waals surface area contributed by atoms with Crippen LogP contribution in [0.5, 0.6) is 0 Å². The summed E-state index contributed by atoms with van der Waals surface area (Å²) in [6.45, 7) is 6.08. The highest BCUT2D eigenvalue weighted by molar-refractivity contribution is 7.98. The minimum atomic E-state index is 0.860. The minimum Gasteiger partial charge on any atom is -0.344 e. The third-order valence-corrected chi connectivity index (χ3v) is 3.89. The maximum atomic E-state index is 4.40. The zero-order valence-electron chi connectivity index (χ0n) is 10.9. The molecular formula is C14H19N3S. The van der Waals surface area contributed by atoms with E-state index in [0.29, 0.717) is 0 Å². The number of hydrogen-bond acceptors (Lipinski definition) is 3. The second-order valence-electron chi connectivity index (χ2n) is 4.19. The molecule has 2 N–H and O–H groups in total. The third-order valence-electron chi connectivity index (χ3n) is 2.70. The summed E-state index contributed by atoms with van der Waals surface area (Å²) >= 11 is 1.82. The molecule has 0 amide bonds. The van der Waals surface area contributed by atoms with Crippen molar-refractivity contribution in [1.29, 1.82) is 0 Å². The molecule has 0 aliphatic carbocycles. The van der Waals surface area contributed by atoms with Gasteiger partial charge in [0.05, 0.1) is 5.75 Å². The molecule has 3 nitrogen and oxygen atoms in total. The zero-order chi connectivity index (χ0) is 12.8. The highest BCUT2D eigenvalue weighted by Crippen LogP contribution is 2.24. The van der Waals surface area contributed by atoms with E-state index in [1.807, 2.05) is 18.0 Å². The molecule has 0 radical (unpaired) electrons. The highest BCUT2D eigenvalue weighted by atomic mass is 32.2. The van der Waals surface area contributed by atoms with Crippen molar-refractivity contribution in [2.24, 2.45) is 0 Å². The smallest absolute Gasteiger partial charge is 0.116 e. The summed E-state index contributed by atoms with van der Waals surface area (Å²) in [6.07, 6.45) is 1.91. The van der Waals surface area contributed by atoms with Gasteiger partial charge in [0.2, 0.25) is 0 Å². The molecule has 0 atom stereocenters. The van der Waals surface area contributed by atoms with Crippen molar-refractivity contribution in [3.05, 3.63) is 47.5 Å². The van der Waals surface area contributed by atoms with Gasteiger partial charge in [-0.3, -0.25) is 0 Å². The Bertz CT molecular complexity index is 493. The Kier molecular flexibility index (Phi) is 4.84. The lowest BCUT2D eigenvalue weighted by atomic mass is 10.2. The van der Waals surface area contributed by atoms with Crippen molar-refractivity contribution in [3.8, 4) is 0 Å². The van der Waals surface area contributed by atoms with Crippen LogP contribution in [-0.4, -0.2) is 16.5 Å². The Morgan fingerprint density at radius 3 is 2.94 bits per heavy atom. The van der Waals surface area contributed by atoms with Crippen LogP contribution in [0.4, 0.5) is 0 Å². The van der Waals surface area contributed by atoms with Gasteiger partial charge < -0.3 is 10.3 Å². The average Bonchev–Trinajstić information content (AvgIpc) is 2.83. The molecule has 2 aromatic rings. The molecule has 2 rings (SSSR count). The number of aromatic nitrogens is 2. The van der Waals surface area contributed by atoms with Crippen molar-refractivity contribution in [3.63, 3.8) is 0 Å². The summed E-state index contributed by atoms with van der Waals surface area (Å²) < 4.78 is 0. The molecule has 0 aliphatic rings. The van der Waals surface area contributed by atoms with Crippen LogP contribution in [0.25, 0.3) is 0 Å². The molecule has 0 spiro atoms. The van der Waals surface area contributed by atoms with Gasteiger partial charge in [0, 0.05) is 23.3 Å². The van der Waals surface area contributed by atoms with Gasteiger partial charge in [-0.25, -0.2) is 4.98 Å². The van der Waals surface area contributed by atoms with Gasteiger partial charge in [-0.1, -0.05) is 25.1 Å². The van der Waals surface area contributed by atoms with Crippen molar-refractivity contribution in [2.75, 3.05) is 6.54 Å². The summed E-state index contributed by atoms with van der Waals surface area (Å²) in [5.41, 5.74) is 2.47. The van der Waals surface area contributed by atoms with E-state index in [-0.39, 0.29) is 0 Å². The van der Waals surface area contributed by atoms with Gasteiger partial charge in [0.25, 0.3) is 0 Å². The summed E-state index contributed by atoms with van der Waals surface area (Å²) in [4.78, 5) is 9.06. The number of aryl methyl sites for hydroxylation is 1. The van der Waals surface area contributed by atoms with Crippen LogP contribution in [-0.2, 0) is 12.3 Å². The monoisotopic (exact) mass is 261 g/mol. The van der Waals surface area contributed by atoms with Gasteiger partial charge in [-0.15, -0.1) is 11.8 Å². The van der Waals surface area contributed by atoms with Crippen LogP contribution in [0.2, 0.25) is 0 Å². The molecular weight excluding hydrogens is 242 g/mol. The lowest BCUT2D eigenvalue weighted by Gasteiger charge is -2.03. The van der Waals surface area contributed by atoms with Crippen molar-refractivity contribution in [1.82, 2.24) is 15.3 Å². The van der Waals surface area contributed by atoms with E-state index in [9.17, 15) is 0 Å². The lowest BCUT2D eigenvalue weighted by Crippen LogP contribution is -2.11. The number of imidazole rings is 1. The molecule has 1 aromatic heterocycles. The number of aromatic amines is 1. The maximum Gasteiger partial charge on any atom is 0.116 e. The Morgan fingerprint density at radius 1 is 1.33 bits per heavy atom. The van der Waals surface area contributed by atoms with Gasteiger partial charge in [0.15, 0.2) is 0 Å². The summed E-state index contributed by atoms with van der Waals surface area (Å²) in [6, 6.07) is 8.44. The predicted molar refractivity (Wildman–Crippen MR) is 76.7 cm³/mol. The topological polar surface area (TPSA) is 40.7 Å². The first-order chi connectivity index (χ1) is 8.79. The van der Waals surface area contributed by atoms with Gasteiger partial charge >= 0.3 is 0 Å². The molecule has 0 bridgehead atoms. The molecule has 0 unspecified atom stereocenters. The maximum absolute atomic E-state index is 4.40. The zero-order valence-corrected chi connectivity index (χ0v) is 11.7. The Balaban J connectivity index is 1.90. The molecule has 0 fully saturated rings. The molecule has 96 valence electrons. The van der Waals surface area contributed by atoms with E-state index in [0.717, 1.165) is 30.4 Å². The molecule has 18 heavy (non-hydrogen) atoms. The minimum absolute atomic E-state index is 0.860. The second-order valence-corrected chi connectivity index (χ2v) is 5.21. The largest absolute Gasteiger partial charge is 0.344 e. The summed E-state index contributed by atoms with van der Waals surface area (Å²) in [5.74, 6) is 1.92. The molecule has 0 saturated heterocycles. The first kappa shape index (κ1) is 13.2. The summed E-state index contributed by atoms with van der Waals surface area (Å²) in [7, 11) is 0. The quantitative estimate of drug-likeness (QED) is 0.785. The molecule has 1 aromatic carbocycles. The Hall–Kier alpha value is -1.26. The van der Waals surface area contributed by atoms with E-state index in [4.69, 9.17) is 0 Å². The SMILES string of the molecule is CCNCc1cnc(CSc2ccccc2C)[nH]1. The Morgan fingerprint density at radius 2 is 2.17 bits per heavy atom. The first-order valence-corrected chi connectivity index (χ1v) is 7.20. The van der Waals surface area contributed by atoms with Crippen LogP contribution in [0.15, 0.2) is 35.4 Å². The van der Waals surface area contributed by atoms with E-state index >= 15 is 0 Å². The van der Waals surface area contributed by atoms with Crippen LogP contribution in [0.3, 0.4) is 0 Å². The van der Waals surface area contributed by atoms with Crippen LogP contribution < -0.4 is 5.32 Å². The predicted octanol–water partition coefficient (Wildman–Crippen LogP) is 3.12. The standard InChI is InChI=1S/C14H19N3S/c1-3-15-8-12-9-16-14(17-12)10-18-13-7-5-4-6-11(13)2/h4-7,9,15H,3,8,10H2,1-2H3,(H,16,17). The van der Waals surface area contributed by atoms with Crippen LogP contribution in [0.1, 0.15) is 24.0 Å². The van der Waals surface area contributed by atoms with Crippen molar-refractivity contribution in [2.45, 2.75) is 31.0 Å². The molecule has 1 heterocycles. The fourth-order valence-electron chi connectivity index (χ4n) is 1.69. The van der Waals surface area contributed by atoms with E-state index in [1.54, 1.807) is 0 Å². The molecule has 4 heteroatoms. The fraction of sp³-hybridized carbons (Fsp3) is 0.357. The number of nitrogens with one attached hydrogen (secondary N) is 2. The van der Waals surface area contributed by atoms with E-state index < -0.39 is 0 Å². The fourth-order valence-corrected chi connectivity index (χ4v) is 2.60. The highest BCUT2D eigenvalue weighted by Gasteiger charge is 2.03. The van der Waals surface area contributed by atoms with Crippen molar-refractivity contribution < 1.29 is 0 Å². The Labute approximate surface area is 112 Å². The number of nitrogens with zero attached hydrogens (tertiary/aromatic N) is 1. The lowest BCUT2D eigenvalue weighted by molar-refractivity contribution is 0.713. The van der Waals surface area contributed by atoms with Crippen LogP contribution in [0, 0.1) is 6.92 Å². The van der Waals surface area contributed by atoms with Crippen LogP contribution >= 0.6 is 11.8 Å². The van der Waals surface area contributed by atoms with Crippen molar-refractivity contribution >= 4 is 11.8 Å². The number of benzene rings is 1. The second kappa shape index (κ2) is 6.61. The van der Waals surface area contributed by atoms with Gasteiger partial charge in [-0.2, -0.15) is 0 Å². The molecule has 0 saturated carbocycles. The first-order valence-electron chi connectivity index (χ1n) is 6.21. The number of hydrogen-bond donors (Lipinski definition) is 2. The number of thioether (sulfide) groups is 1. The normalized spacial score (nSPS) is 10.8. The van der Waals surface area contributed by atoms with E-state index in [1.165, 1.54) is 10.5 Å².